The van der Waals surface area contributed by atoms with Gasteiger partial charge in [0, 0.05) is 15.7 Å². The molecule has 0 bridgehead atoms. The molecular formula is C11H13BrN4O3. The predicted molar refractivity (Wildman–Crippen MR) is 72.8 cm³/mol. The molecule has 0 spiro atoms. The number of carbonyl (C=O) groups is 3. The number of carbonyl (C=O) groups excluding carboxylic acids is 3. The van der Waals surface area contributed by atoms with Crippen molar-refractivity contribution in [3.05, 3.63) is 28.2 Å². The number of nitrogens with zero attached hydrogens (tertiary/aromatic N) is 1. The highest BCUT2D eigenvalue weighted by Crippen LogP contribution is 2.21. The van der Waals surface area contributed by atoms with Gasteiger partial charge in [0.2, 0.25) is 11.8 Å². The Morgan fingerprint density at radius 1 is 1.11 bits per heavy atom. The summed E-state index contributed by atoms with van der Waals surface area (Å²) in [7, 11) is 0. The molecule has 19 heavy (non-hydrogen) atoms. The van der Waals surface area contributed by atoms with Crippen molar-refractivity contribution in [3.8, 4) is 0 Å². The zero-order valence-corrected chi connectivity index (χ0v) is 11.5. The molecule has 8 heteroatoms. The minimum absolute atomic E-state index is 0.239. The first-order valence-corrected chi connectivity index (χ1v) is 6.01. The van der Waals surface area contributed by atoms with Crippen molar-refractivity contribution >= 4 is 39.3 Å². The van der Waals surface area contributed by atoms with Crippen LogP contribution in [0.3, 0.4) is 0 Å². The fraction of sp³-hybridized carbons (Fsp3) is 0.182. The molecular weight excluding hydrogens is 316 g/mol. The van der Waals surface area contributed by atoms with Crippen LogP contribution in [0.25, 0.3) is 0 Å². The summed E-state index contributed by atoms with van der Waals surface area (Å²) in [6.45, 7) is -0.782. The van der Waals surface area contributed by atoms with E-state index in [0.29, 0.717) is 10.2 Å². The molecule has 6 N–H and O–H groups in total. The van der Waals surface area contributed by atoms with Gasteiger partial charge in [-0.1, -0.05) is 0 Å². The van der Waals surface area contributed by atoms with Crippen LogP contribution in [0.15, 0.2) is 22.7 Å². The minimum Gasteiger partial charge on any atom is -0.398 e. The van der Waals surface area contributed by atoms with Gasteiger partial charge in [-0.15, -0.1) is 0 Å². The SMILES string of the molecule is NC(=O)CN(CC(N)=O)C(=O)c1ccc(Br)c(N)c1. The maximum absolute atomic E-state index is 12.1. The second-order valence-corrected chi connectivity index (χ2v) is 4.68. The Balaban J connectivity index is 3.00. The monoisotopic (exact) mass is 328 g/mol. The first kappa shape index (κ1) is 15.0. The number of hydrogen-bond acceptors (Lipinski definition) is 4. The Bertz CT molecular complexity index is 517. The number of nitrogens with two attached hydrogens (primary N) is 3. The highest BCUT2D eigenvalue weighted by molar-refractivity contribution is 9.10. The second kappa shape index (κ2) is 6.19. The molecule has 0 unspecified atom stereocenters. The summed E-state index contributed by atoms with van der Waals surface area (Å²) >= 11 is 3.20. The Morgan fingerprint density at radius 3 is 2.05 bits per heavy atom. The lowest BCUT2D eigenvalue weighted by atomic mass is 10.1. The number of anilines is 1. The van der Waals surface area contributed by atoms with Gasteiger partial charge in [-0.05, 0) is 34.1 Å². The van der Waals surface area contributed by atoms with E-state index >= 15 is 0 Å². The van der Waals surface area contributed by atoms with Gasteiger partial charge < -0.3 is 22.1 Å². The van der Waals surface area contributed by atoms with Crippen LogP contribution in [-0.2, 0) is 9.59 Å². The normalized spacial score (nSPS) is 9.95. The maximum Gasteiger partial charge on any atom is 0.254 e. The van der Waals surface area contributed by atoms with Crippen molar-refractivity contribution in [2.75, 3.05) is 18.8 Å². The van der Waals surface area contributed by atoms with Crippen molar-refractivity contribution in [1.29, 1.82) is 0 Å². The summed E-state index contributed by atoms with van der Waals surface area (Å²) in [5, 5.41) is 0. The van der Waals surface area contributed by atoms with Gasteiger partial charge in [-0.25, -0.2) is 0 Å². The van der Waals surface area contributed by atoms with E-state index in [1.165, 1.54) is 12.1 Å². The number of amides is 3. The van der Waals surface area contributed by atoms with E-state index in [-0.39, 0.29) is 5.56 Å². The van der Waals surface area contributed by atoms with Gasteiger partial charge in [0.1, 0.15) is 13.1 Å². The van der Waals surface area contributed by atoms with Crippen LogP contribution in [-0.4, -0.2) is 35.7 Å². The smallest absolute Gasteiger partial charge is 0.254 e. The van der Waals surface area contributed by atoms with Crippen molar-refractivity contribution in [1.82, 2.24) is 4.90 Å². The van der Waals surface area contributed by atoms with Crippen molar-refractivity contribution in [3.63, 3.8) is 0 Å². The summed E-state index contributed by atoms with van der Waals surface area (Å²) in [5.74, 6) is -2.02. The molecule has 0 radical (unpaired) electrons. The largest absolute Gasteiger partial charge is 0.398 e. The predicted octanol–water partition coefficient (Wildman–Crippen LogP) is -0.556. The minimum atomic E-state index is -0.736. The van der Waals surface area contributed by atoms with E-state index in [4.69, 9.17) is 17.2 Å². The number of halogens is 1. The summed E-state index contributed by atoms with van der Waals surface area (Å²) in [6, 6.07) is 4.54. The van der Waals surface area contributed by atoms with Crippen LogP contribution in [0, 0.1) is 0 Å². The molecule has 7 nitrogen and oxygen atoms in total. The lowest BCUT2D eigenvalue weighted by molar-refractivity contribution is -0.121. The number of benzene rings is 1. The summed E-state index contributed by atoms with van der Waals surface area (Å²) in [4.78, 5) is 34.9. The topological polar surface area (TPSA) is 133 Å². The number of primary amides is 2. The first-order chi connectivity index (χ1) is 8.81. The van der Waals surface area contributed by atoms with Crippen LogP contribution in [0.1, 0.15) is 10.4 Å². The standard InChI is InChI=1S/C11H13BrN4O3/c12-7-2-1-6(3-8(7)13)11(19)16(4-9(14)17)5-10(15)18/h1-3H,4-5,13H2,(H2,14,17)(H2,15,18). The molecule has 1 rings (SSSR count). The second-order valence-electron chi connectivity index (χ2n) is 3.83. The van der Waals surface area contributed by atoms with E-state index < -0.39 is 30.8 Å². The molecule has 0 atom stereocenters. The lowest BCUT2D eigenvalue weighted by Gasteiger charge is -2.19. The molecule has 1 aromatic rings. The van der Waals surface area contributed by atoms with Crippen LogP contribution >= 0.6 is 15.9 Å². The summed E-state index contributed by atoms with van der Waals surface area (Å²) in [5.41, 5.74) is 16.3. The van der Waals surface area contributed by atoms with Crippen molar-refractivity contribution in [2.45, 2.75) is 0 Å². The molecule has 0 aromatic heterocycles. The van der Waals surface area contributed by atoms with Gasteiger partial charge in [0.25, 0.3) is 5.91 Å². The highest BCUT2D eigenvalue weighted by Gasteiger charge is 2.20. The Labute approximate surface area is 117 Å². The van der Waals surface area contributed by atoms with Gasteiger partial charge in [-0.2, -0.15) is 0 Å². The van der Waals surface area contributed by atoms with Crippen LogP contribution < -0.4 is 17.2 Å². The molecule has 0 saturated heterocycles. The third-order valence-electron chi connectivity index (χ3n) is 2.22. The lowest BCUT2D eigenvalue weighted by Crippen LogP contribution is -2.43. The van der Waals surface area contributed by atoms with Crippen LogP contribution in [0.4, 0.5) is 5.69 Å². The molecule has 0 fully saturated rings. The molecule has 0 aliphatic heterocycles. The highest BCUT2D eigenvalue weighted by atomic mass is 79.9. The first-order valence-electron chi connectivity index (χ1n) is 5.22. The third-order valence-corrected chi connectivity index (χ3v) is 2.95. The van der Waals surface area contributed by atoms with Crippen molar-refractivity contribution in [2.24, 2.45) is 11.5 Å². The average molecular weight is 329 g/mol. The summed E-state index contributed by atoms with van der Waals surface area (Å²) in [6.07, 6.45) is 0. The fourth-order valence-electron chi connectivity index (χ4n) is 1.44. The average Bonchev–Trinajstić information content (AvgIpc) is 2.29. The third kappa shape index (κ3) is 4.25. The van der Waals surface area contributed by atoms with Gasteiger partial charge in [0.05, 0.1) is 0 Å². The van der Waals surface area contributed by atoms with E-state index in [2.05, 4.69) is 15.9 Å². The quantitative estimate of drug-likeness (QED) is 0.625. The summed E-state index contributed by atoms with van der Waals surface area (Å²) < 4.78 is 0.639. The number of rotatable bonds is 5. The van der Waals surface area contributed by atoms with Crippen LogP contribution in [0.2, 0.25) is 0 Å². The van der Waals surface area contributed by atoms with E-state index in [0.717, 1.165) is 4.90 Å². The van der Waals surface area contributed by atoms with E-state index in [1.54, 1.807) is 6.07 Å². The molecule has 1 aromatic carbocycles. The molecule has 0 aliphatic rings. The van der Waals surface area contributed by atoms with Gasteiger partial charge >= 0.3 is 0 Å². The van der Waals surface area contributed by atoms with Crippen molar-refractivity contribution < 1.29 is 14.4 Å². The molecule has 0 aliphatic carbocycles. The Hall–Kier alpha value is -2.09. The number of nitrogen functional groups attached to an aromatic ring is 1. The fourth-order valence-corrected chi connectivity index (χ4v) is 1.68. The van der Waals surface area contributed by atoms with E-state index in [9.17, 15) is 14.4 Å². The zero-order valence-electron chi connectivity index (χ0n) is 9.93. The molecule has 0 saturated carbocycles. The Morgan fingerprint density at radius 2 is 1.63 bits per heavy atom. The van der Waals surface area contributed by atoms with E-state index in [1.807, 2.05) is 0 Å². The van der Waals surface area contributed by atoms with Gasteiger partial charge in [0.15, 0.2) is 0 Å². The maximum atomic E-state index is 12.1. The van der Waals surface area contributed by atoms with Crippen LogP contribution in [0.5, 0.6) is 0 Å². The molecule has 0 heterocycles. The molecule has 102 valence electrons. The molecule has 3 amide bonds. The van der Waals surface area contributed by atoms with Gasteiger partial charge in [-0.3, -0.25) is 14.4 Å². The number of hydrogen-bond donors (Lipinski definition) is 3. The zero-order chi connectivity index (χ0) is 14.6. The Kier molecular flexibility index (Phi) is 4.87.